The summed E-state index contributed by atoms with van der Waals surface area (Å²) in [7, 11) is -1.80. The summed E-state index contributed by atoms with van der Waals surface area (Å²) in [5, 5.41) is 0.836. The van der Waals surface area contributed by atoms with Crippen molar-refractivity contribution in [2.24, 2.45) is 0 Å². The van der Waals surface area contributed by atoms with Gasteiger partial charge in [-0.05, 0) is 18.6 Å². The van der Waals surface area contributed by atoms with Gasteiger partial charge >= 0.3 is 0 Å². The molecule has 2 aromatic rings. The van der Waals surface area contributed by atoms with E-state index in [1.807, 2.05) is 13.0 Å². The zero-order valence-corrected chi connectivity index (χ0v) is 14.9. The van der Waals surface area contributed by atoms with Gasteiger partial charge in [-0.25, -0.2) is 0 Å². The van der Waals surface area contributed by atoms with Crippen molar-refractivity contribution >= 4 is 29.6 Å². The van der Waals surface area contributed by atoms with Crippen LogP contribution in [0.1, 0.15) is 30.1 Å². The van der Waals surface area contributed by atoms with E-state index in [1.54, 1.807) is 42.5 Å². The average molecular weight is 351 g/mol. The molecule has 2 rings (SSSR count). The quantitative estimate of drug-likeness (QED) is 0.661. The van der Waals surface area contributed by atoms with E-state index in [2.05, 4.69) is 0 Å². The Balaban J connectivity index is 2.57. The van der Waals surface area contributed by atoms with Gasteiger partial charge in [-0.1, -0.05) is 61.3 Å². The number of ether oxygens (including phenoxy) is 1. The highest BCUT2D eigenvalue weighted by Gasteiger charge is 2.36. The molecular weight excluding hydrogens is 331 g/mol. The van der Waals surface area contributed by atoms with Gasteiger partial charge in [-0.3, -0.25) is 4.79 Å². The third kappa shape index (κ3) is 3.68. The predicted octanol–water partition coefficient (Wildman–Crippen LogP) is 4.98. The van der Waals surface area contributed by atoms with Crippen LogP contribution in [-0.2, 0) is 4.57 Å². The van der Waals surface area contributed by atoms with Crippen LogP contribution in [0.5, 0.6) is 5.75 Å². The summed E-state index contributed by atoms with van der Waals surface area (Å²) >= 11 is 6.21. The maximum atomic E-state index is 13.6. The van der Waals surface area contributed by atoms with Gasteiger partial charge in [0.2, 0.25) is 5.52 Å². The first kappa shape index (κ1) is 17.8. The molecule has 0 saturated heterocycles. The molecule has 0 aromatic heterocycles. The lowest BCUT2D eigenvalue weighted by molar-refractivity contribution is 0.107. The largest absolute Gasteiger partial charge is 0.496 e. The first-order chi connectivity index (χ1) is 11.0. The molecule has 1 atom stereocenters. The zero-order chi connectivity index (χ0) is 16.9. The standard InChI is InChI=1S/C18H20ClO3P/c1-3-4-13-23(21,14-9-6-5-7-10-14)18(20)17-15(19)11-8-12-16(17)22-2/h5-12H,3-4,13H2,1-2H3. The number of hydrogen-bond acceptors (Lipinski definition) is 3. The Morgan fingerprint density at radius 3 is 2.43 bits per heavy atom. The van der Waals surface area contributed by atoms with Gasteiger partial charge in [-0.2, -0.15) is 0 Å². The molecular formula is C18H20ClO3P. The Bertz CT molecular complexity index is 728. The van der Waals surface area contributed by atoms with Crippen molar-refractivity contribution in [2.45, 2.75) is 19.8 Å². The molecule has 122 valence electrons. The number of hydrogen-bond donors (Lipinski definition) is 0. The van der Waals surface area contributed by atoms with E-state index in [4.69, 9.17) is 16.3 Å². The first-order valence-corrected chi connectivity index (χ1v) is 9.83. The average Bonchev–Trinajstić information content (AvgIpc) is 2.59. The Hall–Kier alpha value is -1.57. The van der Waals surface area contributed by atoms with Crippen molar-refractivity contribution in [3.05, 3.63) is 59.1 Å². The molecule has 0 radical (unpaired) electrons. The minimum absolute atomic E-state index is 0.208. The van der Waals surface area contributed by atoms with Gasteiger partial charge in [-0.15, -0.1) is 0 Å². The first-order valence-electron chi connectivity index (χ1n) is 7.56. The summed E-state index contributed by atoms with van der Waals surface area (Å²) in [6, 6.07) is 13.9. The van der Waals surface area contributed by atoms with E-state index < -0.39 is 12.7 Å². The minimum atomic E-state index is -3.27. The van der Waals surface area contributed by atoms with Crippen LogP contribution in [0.2, 0.25) is 5.02 Å². The van der Waals surface area contributed by atoms with Gasteiger partial charge in [0, 0.05) is 11.5 Å². The van der Waals surface area contributed by atoms with Crippen LogP contribution in [0.4, 0.5) is 0 Å². The fourth-order valence-electron chi connectivity index (χ4n) is 2.46. The molecule has 0 spiro atoms. The number of rotatable bonds is 7. The second kappa shape index (κ2) is 7.81. The molecule has 23 heavy (non-hydrogen) atoms. The maximum Gasteiger partial charge on any atom is 0.230 e. The Morgan fingerprint density at radius 2 is 1.83 bits per heavy atom. The summed E-state index contributed by atoms with van der Waals surface area (Å²) < 4.78 is 18.9. The van der Waals surface area contributed by atoms with Gasteiger partial charge < -0.3 is 9.30 Å². The number of halogens is 1. The summed E-state index contributed by atoms with van der Waals surface area (Å²) in [6.07, 6.45) is 1.91. The lowest BCUT2D eigenvalue weighted by Gasteiger charge is -2.19. The lowest BCUT2D eigenvalue weighted by Crippen LogP contribution is -2.17. The second-order valence-corrected chi connectivity index (χ2v) is 8.53. The SMILES string of the molecule is CCCCP(=O)(C(=O)c1c(Cl)cccc1OC)c1ccccc1. The second-order valence-electron chi connectivity index (χ2n) is 5.27. The van der Waals surface area contributed by atoms with Crippen LogP contribution >= 0.6 is 18.7 Å². The number of benzene rings is 2. The molecule has 2 aromatic carbocycles. The molecule has 0 fully saturated rings. The van der Waals surface area contributed by atoms with Gasteiger partial charge in [0.1, 0.15) is 5.75 Å². The Labute approximate surface area is 142 Å². The van der Waals surface area contributed by atoms with Crippen LogP contribution in [0.3, 0.4) is 0 Å². The summed E-state index contributed by atoms with van der Waals surface area (Å²) in [5.41, 5.74) is -0.223. The highest BCUT2D eigenvalue weighted by atomic mass is 35.5. The van der Waals surface area contributed by atoms with Crippen LogP contribution in [0.15, 0.2) is 48.5 Å². The fourth-order valence-corrected chi connectivity index (χ4v) is 5.48. The molecule has 0 N–H and O–H groups in total. The molecule has 5 heteroatoms. The van der Waals surface area contributed by atoms with Crippen molar-refractivity contribution < 1.29 is 14.1 Å². The molecule has 0 saturated carbocycles. The number of unbranched alkanes of at least 4 members (excludes halogenated alkanes) is 1. The molecule has 3 nitrogen and oxygen atoms in total. The van der Waals surface area contributed by atoms with Crippen molar-refractivity contribution in [3.8, 4) is 5.75 Å². The third-order valence-electron chi connectivity index (χ3n) is 3.74. The number of methoxy groups -OCH3 is 1. The molecule has 0 heterocycles. The summed E-state index contributed by atoms with van der Waals surface area (Å²) in [6.45, 7) is 2.01. The maximum absolute atomic E-state index is 13.6. The Morgan fingerprint density at radius 1 is 1.13 bits per heavy atom. The molecule has 0 amide bonds. The third-order valence-corrected chi connectivity index (χ3v) is 7.01. The van der Waals surface area contributed by atoms with Crippen LogP contribution in [0.25, 0.3) is 0 Å². The highest BCUT2D eigenvalue weighted by Crippen LogP contribution is 2.51. The zero-order valence-electron chi connectivity index (χ0n) is 13.3. The number of carbonyl (C=O) groups is 1. The van der Waals surface area contributed by atoms with E-state index in [-0.39, 0.29) is 10.6 Å². The summed E-state index contributed by atoms with van der Waals surface area (Å²) in [5.74, 6) is 0.357. The predicted molar refractivity (Wildman–Crippen MR) is 95.8 cm³/mol. The Kier molecular flexibility index (Phi) is 6.04. The molecule has 0 bridgehead atoms. The lowest BCUT2D eigenvalue weighted by atomic mass is 10.2. The van der Waals surface area contributed by atoms with Crippen LogP contribution in [-0.4, -0.2) is 18.8 Å². The summed E-state index contributed by atoms with van der Waals surface area (Å²) in [4.78, 5) is 13.1. The normalized spacial score (nSPS) is 13.3. The van der Waals surface area contributed by atoms with Crippen LogP contribution in [0, 0.1) is 0 Å². The van der Waals surface area contributed by atoms with Crippen LogP contribution < -0.4 is 10.0 Å². The van der Waals surface area contributed by atoms with Gasteiger partial charge in [0.25, 0.3) is 0 Å². The minimum Gasteiger partial charge on any atom is -0.496 e. The smallest absolute Gasteiger partial charge is 0.230 e. The monoisotopic (exact) mass is 350 g/mol. The van der Waals surface area contributed by atoms with E-state index in [9.17, 15) is 9.36 Å². The highest BCUT2D eigenvalue weighted by molar-refractivity contribution is 7.87. The molecule has 0 aliphatic carbocycles. The van der Waals surface area contributed by atoms with Crippen molar-refractivity contribution in [3.63, 3.8) is 0 Å². The van der Waals surface area contributed by atoms with E-state index in [0.29, 0.717) is 23.6 Å². The van der Waals surface area contributed by atoms with Crippen molar-refractivity contribution in [2.75, 3.05) is 13.3 Å². The number of carbonyl (C=O) groups excluding carboxylic acids is 1. The van der Waals surface area contributed by atoms with E-state index in [0.717, 1.165) is 6.42 Å². The topological polar surface area (TPSA) is 43.4 Å². The van der Waals surface area contributed by atoms with E-state index >= 15 is 0 Å². The van der Waals surface area contributed by atoms with Crippen molar-refractivity contribution in [1.82, 2.24) is 0 Å². The molecule has 1 unspecified atom stereocenters. The van der Waals surface area contributed by atoms with Crippen molar-refractivity contribution in [1.29, 1.82) is 0 Å². The van der Waals surface area contributed by atoms with Gasteiger partial charge in [0.15, 0.2) is 7.14 Å². The fraction of sp³-hybridized carbons (Fsp3) is 0.278. The van der Waals surface area contributed by atoms with Gasteiger partial charge in [0.05, 0.1) is 17.7 Å². The van der Waals surface area contributed by atoms with E-state index in [1.165, 1.54) is 7.11 Å². The molecule has 0 aliphatic rings. The molecule has 0 aliphatic heterocycles.